The van der Waals surface area contributed by atoms with Crippen LogP contribution in [-0.2, 0) is 7.05 Å². The number of fused-ring (bicyclic) bond motifs is 1. The second-order valence-electron chi connectivity index (χ2n) is 6.00. The van der Waals surface area contributed by atoms with Crippen LogP contribution in [0.1, 0.15) is 6.42 Å². The van der Waals surface area contributed by atoms with Crippen LogP contribution < -0.4 is 4.90 Å². The molecule has 3 aromatic rings. The molecule has 2 unspecified atom stereocenters. The molecule has 0 bridgehead atoms. The molecule has 0 radical (unpaired) electrons. The molecule has 0 saturated carbocycles. The van der Waals surface area contributed by atoms with Gasteiger partial charge in [0, 0.05) is 29.1 Å². The smallest absolute Gasteiger partial charge is 0.228 e. The van der Waals surface area contributed by atoms with Gasteiger partial charge in [-0.3, -0.25) is 0 Å². The molecule has 1 N–H and O–H groups in total. The quantitative estimate of drug-likeness (QED) is 0.299. The summed E-state index contributed by atoms with van der Waals surface area (Å²) in [5, 5.41) is 10.5. The Morgan fingerprint density at radius 3 is 2.62 bits per heavy atom. The fourth-order valence-electron chi connectivity index (χ4n) is 3.10. The van der Waals surface area contributed by atoms with Crippen molar-refractivity contribution < 1.29 is 5.11 Å². The average molecular weight is 546 g/mol. The number of halogens is 2. The Kier molecular flexibility index (Phi) is 4.31. The minimum absolute atomic E-state index is 0.273. The van der Waals surface area contributed by atoms with Crippen molar-refractivity contribution >= 4 is 62.2 Å². The van der Waals surface area contributed by atoms with E-state index in [4.69, 9.17) is 4.98 Å². The Morgan fingerprint density at radius 1 is 1.21 bits per heavy atom. The number of aromatic nitrogens is 3. The van der Waals surface area contributed by atoms with Gasteiger partial charge in [-0.2, -0.15) is 4.98 Å². The van der Waals surface area contributed by atoms with Crippen molar-refractivity contribution in [1.82, 2.24) is 14.5 Å². The first-order valence-electron chi connectivity index (χ1n) is 7.69. The Hall–Kier alpha value is -1.10. The van der Waals surface area contributed by atoms with Gasteiger partial charge in [0.05, 0.1) is 9.74 Å². The second kappa shape index (κ2) is 6.32. The third-order valence-electron chi connectivity index (χ3n) is 4.36. The number of aryl methyl sites for hydroxylation is 1. The molecule has 7 heteroatoms. The SMILES string of the molecule is Cn1c(-c2ccc(O)cc2)cc2cnc(N3CC(I)CC3I)nc21. The number of hydrogen-bond acceptors (Lipinski definition) is 4. The molecule has 1 aromatic carbocycles. The summed E-state index contributed by atoms with van der Waals surface area (Å²) in [7, 11) is 2.02. The summed E-state index contributed by atoms with van der Waals surface area (Å²) in [6.45, 7) is 0.995. The largest absolute Gasteiger partial charge is 0.508 e. The van der Waals surface area contributed by atoms with Crippen molar-refractivity contribution in [3.63, 3.8) is 0 Å². The fraction of sp³-hybridized carbons (Fsp3) is 0.294. The van der Waals surface area contributed by atoms with Gasteiger partial charge in [-0.25, -0.2) is 4.98 Å². The number of nitrogens with zero attached hydrogens (tertiary/aromatic N) is 4. The topological polar surface area (TPSA) is 54.2 Å². The van der Waals surface area contributed by atoms with Crippen LogP contribution in [0.5, 0.6) is 5.75 Å². The van der Waals surface area contributed by atoms with Gasteiger partial charge >= 0.3 is 0 Å². The molecule has 1 fully saturated rings. The predicted molar refractivity (Wildman–Crippen MR) is 113 cm³/mol. The molecule has 0 spiro atoms. The van der Waals surface area contributed by atoms with E-state index in [0.29, 0.717) is 7.97 Å². The van der Waals surface area contributed by atoms with E-state index in [1.165, 1.54) is 0 Å². The van der Waals surface area contributed by atoms with E-state index in [1.54, 1.807) is 12.1 Å². The maximum Gasteiger partial charge on any atom is 0.228 e. The summed E-state index contributed by atoms with van der Waals surface area (Å²) in [6.07, 6.45) is 3.07. The van der Waals surface area contributed by atoms with E-state index in [1.807, 2.05) is 25.4 Å². The zero-order valence-electron chi connectivity index (χ0n) is 13.0. The zero-order chi connectivity index (χ0) is 16.8. The first-order chi connectivity index (χ1) is 11.5. The number of aromatic hydroxyl groups is 1. The van der Waals surface area contributed by atoms with E-state index >= 15 is 0 Å². The first kappa shape index (κ1) is 16.4. The highest BCUT2D eigenvalue weighted by molar-refractivity contribution is 14.1. The molecule has 1 saturated heterocycles. The number of hydrogen-bond donors (Lipinski definition) is 1. The minimum Gasteiger partial charge on any atom is -0.508 e. The number of phenols is 1. The molecule has 0 amide bonds. The molecule has 124 valence electrons. The Balaban J connectivity index is 1.77. The second-order valence-corrected chi connectivity index (χ2v) is 9.20. The molecular weight excluding hydrogens is 530 g/mol. The lowest BCUT2D eigenvalue weighted by Crippen LogP contribution is -2.26. The van der Waals surface area contributed by atoms with E-state index in [9.17, 15) is 5.11 Å². The van der Waals surface area contributed by atoms with Gasteiger partial charge in [0.25, 0.3) is 0 Å². The van der Waals surface area contributed by atoms with Crippen molar-refractivity contribution in [3.05, 3.63) is 36.5 Å². The van der Waals surface area contributed by atoms with Crippen LogP contribution in [0.15, 0.2) is 36.5 Å². The molecule has 24 heavy (non-hydrogen) atoms. The van der Waals surface area contributed by atoms with Crippen LogP contribution in [-0.4, -0.2) is 34.2 Å². The van der Waals surface area contributed by atoms with E-state index in [0.717, 1.165) is 41.2 Å². The third kappa shape index (κ3) is 2.85. The van der Waals surface area contributed by atoms with Crippen LogP contribution in [0.3, 0.4) is 0 Å². The third-order valence-corrected chi connectivity index (χ3v) is 6.44. The number of phenolic OH excluding ortho intramolecular Hbond substituents is 1. The number of rotatable bonds is 2. The lowest BCUT2D eigenvalue weighted by atomic mass is 10.1. The molecule has 4 rings (SSSR count). The normalized spacial score (nSPS) is 20.9. The monoisotopic (exact) mass is 546 g/mol. The van der Waals surface area contributed by atoms with Gasteiger partial charge in [0.2, 0.25) is 5.95 Å². The zero-order valence-corrected chi connectivity index (χ0v) is 17.3. The van der Waals surface area contributed by atoms with Crippen molar-refractivity contribution in [2.75, 3.05) is 11.4 Å². The molecule has 2 aromatic heterocycles. The first-order valence-corrected chi connectivity index (χ1v) is 10.2. The van der Waals surface area contributed by atoms with Crippen molar-refractivity contribution in [3.8, 4) is 17.0 Å². The summed E-state index contributed by atoms with van der Waals surface area (Å²) in [4.78, 5) is 11.7. The van der Waals surface area contributed by atoms with Crippen molar-refractivity contribution in [2.45, 2.75) is 14.4 Å². The highest BCUT2D eigenvalue weighted by Gasteiger charge is 2.30. The van der Waals surface area contributed by atoms with Gasteiger partial charge in [-0.05, 0) is 42.3 Å². The molecule has 0 aliphatic carbocycles. The van der Waals surface area contributed by atoms with Crippen LogP contribution in [0, 0.1) is 0 Å². The Bertz CT molecular complexity index is 893. The summed E-state index contributed by atoms with van der Waals surface area (Å²) >= 11 is 4.97. The standard InChI is InChI=1S/C17H16I2N4O/c1-22-14(10-2-4-13(24)5-3-10)6-11-8-20-17(21-16(11)22)23-9-12(18)7-15(23)19/h2-6,8,12,15,24H,7,9H2,1H3. The molecule has 5 nitrogen and oxygen atoms in total. The molecule has 1 aliphatic rings. The lowest BCUT2D eigenvalue weighted by molar-refractivity contribution is 0.475. The average Bonchev–Trinajstić information content (AvgIpc) is 3.07. The van der Waals surface area contributed by atoms with Gasteiger partial charge < -0.3 is 14.6 Å². The van der Waals surface area contributed by atoms with Crippen molar-refractivity contribution in [1.29, 1.82) is 0 Å². The molecule has 2 atom stereocenters. The maximum atomic E-state index is 9.48. The van der Waals surface area contributed by atoms with E-state index < -0.39 is 0 Å². The highest BCUT2D eigenvalue weighted by atomic mass is 127. The highest BCUT2D eigenvalue weighted by Crippen LogP contribution is 2.33. The van der Waals surface area contributed by atoms with Gasteiger partial charge in [-0.15, -0.1) is 0 Å². The van der Waals surface area contributed by atoms with Crippen LogP contribution in [0.25, 0.3) is 22.3 Å². The fourth-order valence-corrected chi connectivity index (χ4v) is 6.07. The van der Waals surface area contributed by atoms with Gasteiger partial charge in [0.15, 0.2) is 0 Å². The molecule has 3 heterocycles. The lowest BCUT2D eigenvalue weighted by Gasteiger charge is -2.19. The van der Waals surface area contributed by atoms with Crippen LogP contribution >= 0.6 is 45.2 Å². The summed E-state index contributed by atoms with van der Waals surface area (Å²) in [6, 6.07) is 9.34. The summed E-state index contributed by atoms with van der Waals surface area (Å²) < 4.78 is 3.18. The number of alkyl halides is 2. The van der Waals surface area contributed by atoms with E-state index in [-0.39, 0.29) is 5.75 Å². The van der Waals surface area contributed by atoms with Crippen LogP contribution in [0.4, 0.5) is 5.95 Å². The van der Waals surface area contributed by atoms with Crippen molar-refractivity contribution in [2.24, 2.45) is 7.05 Å². The van der Waals surface area contributed by atoms with Crippen LogP contribution in [0.2, 0.25) is 0 Å². The number of anilines is 1. The van der Waals surface area contributed by atoms with Gasteiger partial charge in [0.1, 0.15) is 11.4 Å². The Labute approximate surface area is 167 Å². The predicted octanol–water partition coefficient (Wildman–Crippen LogP) is 4.12. The van der Waals surface area contributed by atoms with Gasteiger partial charge in [-0.1, -0.05) is 45.2 Å². The Morgan fingerprint density at radius 2 is 1.96 bits per heavy atom. The molecular formula is C17H16I2N4O. The maximum absolute atomic E-state index is 9.48. The minimum atomic E-state index is 0.273. The molecule has 1 aliphatic heterocycles. The van der Waals surface area contributed by atoms with E-state index in [2.05, 4.69) is 65.7 Å². The summed E-state index contributed by atoms with van der Waals surface area (Å²) in [5.41, 5.74) is 3.05. The summed E-state index contributed by atoms with van der Waals surface area (Å²) in [5.74, 6) is 1.08. The number of benzene rings is 1.